The van der Waals surface area contributed by atoms with Gasteiger partial charge in [0.05, 0.1) is 11.1 Å². The highest BCUT2D eigenvalue weighted by Crippen LogP contribution is 2.32. The molecule has 2 rings (SSSR count). The summed E-state index contributed by atoms with van der Waals surface area (Å²) in [4.78, 5) is 0. The second-order valence-electron chi connectivity index (χ2n) is 4.21. The molecule has 0 saturated heterocycles. The van der Waals surface area contributed by atoms with Gasteiger partial charge in [-0.3, -0.25) is 0 Å². The topological polar surface area (TPSA) is 0 Å². The van der Waals surface area contributed by atoms with Crippen LogP contribution in [0, 0.1) is 37.1 Å². The molecule has 2 aromatic rings. The van der Waals surface area contributed by atoms with E-state index in [4.69, 9.17) is 0 Å². The lowest BCUT2D eigenvalue weighted by Gasteiger charge is -2.09. The minimum Gasteiger partial charge on any atom is -0.206 e. The van der Waals surface area contributed by atoms with Gasteiger partial charge in [0.2, 0.25) is 0 Å². The average Bonchev–Trinajstić information content (AvgIpc) is 2.20. The molecule has 94 valence electrons. The summed E-state index contributed by atoms with van der Waals surface area (Å²) in [7, 11) is 0. The molecular weight excluding hydrogens is 244 g/mol. The lowest BCUT2D eigenvalue weighted by molar-refractivity contribution is 0.562. The van der Waals surface area contributed by atoms with Crippen molar-refractivity contribution >= 4 is 0 Å². The molecule has 0 unspecified atom stereocenters. The van der Waals surface area contributed by atoms with Crippen LogP contribution in [0.4, 0.5) is 17.6 Å². The average molecular weight is 254 g/mol. The fraction of sp³-hybridized carbons (Fsp3) is 0.143. The number of halogens is 4. The molecule has 0 saturated carbocycles. The van der Waals surface area contributed by atoms with Crippen LogP contribution in [0.2, 0.25) is 0 Å². The van der Waals surface area contributed by atoms with E-state index in [1.54, 1.807) is 0 Å². The Bertz CT molecular complexity index is 516. The van der Waals surface area contributed by atoms with E-state index in [0.717, 1.165) is 24.3 Å². The largest absolute Gasteiger partial charge is 0.206 e. The normalized spacial score (nSPS) is 10.8. The fourth-order valence-electron chi connectivity index (χ4n) is 1.88. The van der Waals surface area contributed by atoms with Crippen LogP contribution < -0.4 is 0 Å². The summed E-state index contributed by atoms with van der Waals surface area (Å²) in [5.41, 5.74) is -0.644. The molecule has 0 N–H and O–H groups in total. The first kappa shape index (κ1) is 12.6. The number of hydrogen-bond donors (Lipinski definition) is 0. The zero-order valence-electron chi connectivity index (χ0n) is 9.82. The molecule has 18 heavy (non-hydrogen) atoms. The highest BCUT2D eigenvalue weighted by molar-refractivity contribution is 5.67. The Morgan fingerprint density at radius 1 is 0.556 bits per heavy atom. The monoisotopic (exact) mass is 254 g/mol. The van der Waals surface area contributed by atoms with Gasteiger partial charge in [0.25, 0.3) is 0 Å². The van der Waals surface area contributed by atoms with Gasteiger partial charge in [-0.15, -0.1) is 0 Å². The van der Waals surface area contributed by atoms with Crippen molar-refractivity contribution in [3.63, 3.8) is 0 Å². The number of hydrogen-bond acceptors (Lipinski definition) is 0. The smallest absolute Gasteiger partial charge is 0.134 e. The van der Waals surface area contributed by atoms with Crippen LogP contribution in [-0.2, 0) is 0 Å². The second-order valence-corrected chi connectivity index (χ2v) is 4.21. The van der Waals surface area contributed by atoms with Crippen molar-refractivity contribution in [3.8, 4) is 11.1 Å². The van der Waals surface area contributed by atoms with Gasteiger partial charge in [-0.25, -0.2) is 17.6 Å². The van der Waals surface area contributed by atoms with Gasteiger partial charge in [-0.2, -0.15) is 0 Å². The number of benzene rings is 2. The van der Waals surface area contributed by atoms with E-state index < -0.39 is 34.4 Å². The molecule has 0 aliphatic carbocycles. The van der Waals surface area contributed by atoms with E-state index >= 15 is 0 Å². The van der Waals surface area contributed by atoms with Gasteiger partial charge in [0.1, 0.15) is 23.3 Å². The van der Waals surface area contributed by atoms with E-state index in [1.807, 2.05) is 0 Å². The second kappa shape index (κ2) is 4.44. The molecule has 4 heteroatoms. The standard InChI is InChI=1S/C14H10F4/c1-7-3-9(15)13(10(16)4-7)14-11(17)5-8(2)6-12(14)18/h3-6H,1-2H3. The van der Waals surface area contributed by atoms with E-state index in [-0.39, 0.29) is 0 Å². The quantitative estimate of drug-likeness (QED) is 0.656. The summed E-state index contributed by atoms with van der Waals surface area (Å²) in [6, 6.07) is 4.16. The molecule has 0 radical (unpaired) electrons. The summed E-state index contributed by atoms with van der Waals surface area (Å²) < 4.78 is 54.7. The van der Waals surface area contributed by atoms with Crippen molar-refractivity contribution in [2.45, 2.75) is 13.8 Å². The summed E-state index contributed by atoms with van der Waals surface area (Å²) in [5, 5.41) is 0. The third-order valence-corrected chi connectivity index (χ3v) is 2.62. The van der Waals surface area contributed by atoms with Crippen molar-refractivity contribution in [3.05, 3.63) is 58.7 Å². The maximum absolute atomic E-state index is 13.7. The van der Waals surface area contributed by atoms with E-state index in [9.17, 15) is 17.6 Å². The molecule has 0 fully saturated rings. The van der Waals surface area contributed by atoms with Crippen LogP contribution in [0.15, 0.2) is 24.3 Å². The Hall–Kier alpha value is -1.84. The Labute approximate surface area is 102 Å². The highest BCUT2D eigenvalue weighted by Gasteiger charge is 2.20. The van der Waals surface area contributed by atoms with Gasteiger partial charge in [0, 0.05) is 0 Å². The minimum atomic E-state index is -0.978. The van der Waals surface area contributed by atoms with Crippen LogP contribution in [0.5, 0.6) is 0 Å². The van der Waals surface area contributed by atoms with Gasteiger partial charge in [-0.05, 0) is 49.2 Å². The maximum Gasteiger partial charge on any atom is 0.134 e. The third-order valence-electron chi connectivity index (χ3n) is 2.62. The molecule has 0 atom stereocenters. The summed E-state index contributed by atoms with van der Waals surface area (Å²) >= 11 is 0. The summed E-state index contributed by atoms with van der Waals surface area (Å²) in [6.45, 7) is 3.00. The molecule has 0 nitrogen and oxygen atoms in total. The highest BCUT2D eigenvalue weighted by atomic mass is 19.1. The predicted octanol–water partition coefficient (Wildman–Crippen LogP) is 4.53. The first-order valence-electron chi connectivity index (χ1n) is 5.32. The van der Waals surface area contributed by atoms with Crippen molar-refractivity contribution < 1.29 is 17.6 Å². The van der Waals surface area contributed by atoms with Crippen LogP contribution >= 0.6 is 0 Å². The summed E-state index contributed by atoms with van der Waals surface area (Å²) in [6.07, 6.45) is 0. The molecule has 0 spiro atoms. The summed E-state index contributed by atoms with van der Waals surface area (Å²) in [5.74, 6) is -3.91. The predicted molar refractivity (Wildman–Crippen MR) is 61.2 cm³/mol. The van der Waals surface area contributed by atoms with Gasteiger partial charge in [0.15, 0.2) is 0 Å². The van der Waals surface area contributed by atoms with Gasteiger partial charge < -0.3 is 0 Å². The van der Waals surface area contributed by atoms with Crippen molar-refractivity contribution in [2.75, 3.05) is 0 Å². The SMILES string of the molecule is Cc1cc(F)c(-c2c(F)cc(C)cc2F)c(F)c1. The number of aryl methyl sites for hydroxylation is 2. The Morgan fingerprint density at radius 2 is 0.778 bits per heavy atom. The molecule has 0 heterocycles. The van der Waals surface area contributed by atoms with Crippen LogP contribution in [-0.4, -0.2) is 0 Å². The fourth-order valence-corrected chi connectivity index (χ4v) is 1.88. The zero-order valence-corrected chi connectivity index (χ0v) is 9.82. The Morgan fingerprint density at radius 3 is 1.00 bits per heavy atom. The van der Waals surface area contributed by atoms with E-state index in [1.165, 1.54) is 13.8 Å². The number of rotatable bonds is 1. The molecule has 0 aromatic heterocycles. The van der Waals surface area contributed by atoms with E-state index in [0.29, 0.717) is 11.1 Å². The molecule has 2 aromatic carbocycles. The maximum atomic E-state index is 13.7. The molecule has 0 amide bonds. The first-order valence-corrected chi connectivity index (χ1v) is 5.32. The molecule has 0 bridgehead atoms. The van der Waals surface area contributed by atoms with Crippen molar-refractivity contribution in [1.29, 1.82) is 0 Å². The Balaban J connectivity index is 2.78. The lowest BCUT2D eigenvalue weighted by atomic mass is 10.00. The third kappa shape index (κ3) is 2.10. The van der Waals surface area contributed by atoms with Crippen molar-refractivity contribution in [2.24, 2.45) is 0 Å². The molecule has 0 aliphatic heterocycles. The van der Waals surface area contributed by atoms with Gasteiger partial charge in [-0.1, -0.05) is 0 Å². The van der Waals surface area contributed by atoms with Crippen LogP contribution in [0.1, 0.15) is 11.1 Å². The van der Waals surface area contributed by atoms with Crippen LogP contribution in [0.3, 0.4) is 0 Å². The Kier molecular flexibility index (Phi) is 3.11. The van der Waals surface area contributed by atoms with Crippen LogP contribution in [0.25, 0.3) is 11.1 Å². The molecule has 0 aliphatic rings. The molecular formula is C14H10F4. The first-order chi connectivity index (χ1) is 8.40. The van der Waals surface area contributed by atoms with Crippen molar-refractivity contribution in [1.82, 2.24) is 0 Å². The lowest BCUT2D eigenvalue weighted by Crippen LogP contribution is -1.98. The van der Waals surface area contributed by atoms with Gasteiger partial charge >= 0.3 is 0 Å². The van der Waals surface area contributed by atoms with E-state index in [2.05, 4.69) is 0 Å². The minimum absolute atomic E-state index is 0.349. The zero-order chi connectivity index (χ0) is 13.4.